The van der Waals surface area contributed by atoms with E-state index in [9.17, 15) is 27.7 Å². The predicted octanol–water partition coefficient (Wildman–Crippen LogP) is 5.18. The minimum Gasteiger partial charge on any atom is -0.400 e. The van der Waals surface area contributed by atoms with Crippen molar-refractivity contribution < 1.29 is 26.9 Å². The third-order valence-electron chi connectivity index (χ3n) is 6.11. The van der Waals surface area contributed by atoms with Crippen LogP contribution in [0.25, 0.3) is 10.2 Å². The molecule has 0 spiro atoms. The van der Waals surface area contributed by atoms with Crippen LogP contribution in [0.4, 0.5) is 15.4 Å². The fourth-order valence-electron chi connectivity index (χ4n) is 4.11. The standard InChI is InChI=1S/C25H22FN5O6S2/c26-18-7-11-21-22(15-18)38-25(28-21)30(27-16-19-8-12-23(37-19)31(33)34)24(32)17-5-9-20(10-6-17)39(35,36)29-13-3-1-2-4-14-29/h5-12,15-16H,1-4,13-14H2/b27-16+. The van der Waals surface area contributed by atoms with Crippen molar-refractivity contribution in [1.82, 2.24) is 9.29 Å². The van der Waals surface area contributed by atoms with Crippen molar-refractivity contribution >= 4 is 54.7 Å². The van der Waals surface area contributed by atoms with E-state index in [1.165, 1.54) is 52.8 Å². The van der Waals surface area contributed by atoms with Gasteiger partial charge in [-0.3, -0.25) is 14.9 Å². The first kappa shape index (κ1) is 26.6. The molecule has 1 amide bonds. The molecule has 1 saturated heterocycles. The molecule has 14 heteroatoms. The molecule has 3 heterocycles. The molecule has 0 atom stereocenters. The minimum atomic E-state index is -3.71. The molecule has 5 rings (SSSR count). The van der Waals surface area contributed by atoms with E-state index in [-0.39, 0.29) is 21.4 Å². The van der Waals surface area contributed by atoms with Gasteiger partial charge in [0.2, 0.25) is 15.2 Å². The van der Waals surface area contributed by atoms with Gasteiger partial charge in [0.1, 0.15) is 10.7 Å². The number of furan rings is 1. The summed E-state index contributed by atoms with van der Waals surface area (Å²) in [6, 6.07) is 12.0. The number of aromatic nitrogens is 1. The first-order valence-electron chi connectivity index (χ1n) is 12.0. The van der Waals surface area contributed by atoms with E-state index in [1.807, 2.05) is 0 Å². The summed E-state index contributed by atoms with van der Waals surface area (Å²) < 4.78 is 47.0. The molecule has 39 heavy (non-hydrogen) atoms. The van der Waals surface area contributed by atoms with Crippen LogP contribution in [0.1, 0.15) is 41.8 Å². The van der Waals surface area contributed by atoms with Gasteiger partial charge in [-0.15, -0.1) is 0 Å². The number of rotatable bonds is 7. The summed E-state index contributed by atoms with van der Waals surface area (Å²) >= 11 is 1.01. The number of hydrogen-bond donors (Lipinski definition) is 0. The monoisotopic (exact) mass is 571 g/mol. The van der Waals surface area contributed by atoms with Gasteiger partial charge in [0.25, 0.3) is 5.91 Å². The Hall–Kier alpha value is -4.01. The van der Waals surface area contributed by atoms with Gasteiger partial charge in [0.05, 0.1) is 27.4 Å². The SMILES string of the molecule is O=C(c1ccc(S(=O)(=O)N2CCCCCC2)cc1)N(/N=C/c1ccc([N+](=O)[O-])o1)c1nc2ccc(F)cc2s1. The average molecular weight is 572 g/mol. The van der Waals surface area contributed by atoms with Crippen molar-refractivity contribution in [2.24, 2.45) is 5.10 Å². The third kappa shape index (κ3) is 5.72. The lowest BCUT2D eigenvalue weighted by molar-refractivity contribution is -0.402. The molecule has 0 radical (unpaired) electrons. The number of sulfonamides is 1. The molecule has 1 fully saturated rings. The fraction of sp³-hybridized carbons (Fsp3) is 0.240. The molecular weight excluding hydrogens is 549 g/mol. The average Bonchev–Trinajstić information content (AvgIpc) is 3.47. The molecule has 2 aromatic carbocycles. The second-order valence-corrected chi connectivity index (χ2v) is 11.7. The Morgan fingerprint density at radius 3 is 2.49 bits per heavy atom. The van der Waals surface area contributed by atoms with Crippen molar-refractivity contribution in [2.75, 3.05) is 18.1 Å². The highest BCUT2D eigenvalue weighted by Gasteiger charge is 2.27. The maximum atomic E-state index is 13.7. The highest BCUT2D eigenvalue weighted by molar-refractivity contribution is 7.89. The zero-order chi connectivity index (χ0) is 27.6. The number of hydrogen-bond acceptors (Lipinski definition) is 9. The van der Waals surface area contributed by atoms with Crippen molar-refractivity contribution in [3.05, 3.63) is 81.9 Å². The number of nitro groups is 1. The van der Waals surface area contributed by atoms with E-state index in [0.29, 0.717) is 23.3 Å². The number of hydrazone groups is 1. The molecule has 0 N–H and O–H groups in total. The van der Waals surface area contributed by atoms with Crippen LogP contribution in [0.15, 0.2) is 69.0 Å². The first-order chi connectivity index (χ1) is 18.7. The number of anilines is 1. The Morgan fingerprint density at radius 2 is 1.82 bits per heavy atom. The second-order valence-electron chi connectivity index (χ2n) is 8.75. The molecule has 0 unspecified atom stereocenters. The summed E-state index contributed by atoms with van der Waals surface area (Å²) in [5.74, 6) is -1.59. The van der Waals surface area contributed by atoms with E-state index in [4.69, 9.17) is 4.42 Å². The maximum Gasteiger partial charge on any atom is 0.433 e. The van der Waals surface area contributed by atoms with Crippen LogP contribution < -0.4 is 5.01 Å². The van der Waals surface area contributed by atoms with Gasteiger partial charge in [-0.25, -0.2) is 17.8 Å². The molecule has 11 nitrogen and oxygen atoms in total. The van der Waals surface area contributed by atoms with Gasteiger partial charge in [-0.2, -0.15) is 14.4 Å². The normalized spacial score (nSPS) is 15.0. The van der Waals surface area contributed by atoms with Crippen molar-refractivity contribution in [3.63, 3.8) is 0 Å². The topological polar surface area (TPSA) is 139 Å². The molecule has 4 aromatic rings. The van der Waals surface area contributed by atoms with E-state index >= 15 is 0 Å². The van der Waals surface area contributed by atoms with Crippen LogP contribution in [-0.2, 0) is 10.0 Å². The van der Waals surface area contributed by atoms with Crippen LogP contribution >= 0.6 is 11.3 Å². The summed E-state index contributed by atoms with van der Waals surface area (Å²) in [5, 5.41) is 16.1. The van der Waals surface area contributed by atoms with Gasteiger partial charge in [0, 0.05) is 18.7 Å². The van der Waals surface area contributed by atoms with Gasteiger partial charge in [0.15, 0.2) is 5.76 Å². The van der Waals surface area contributed by atoms with E-state index in [2.05, 4.69) is 10.1 Å². The smallest absolute Gasteiger partial charge is 0.400 e. The predicted molar refractivity (Wildman–Crippen MR) is 143 cm³/mol. The van der Waals surface area contributed by atoms with Gasteiger partial charge >= 0.3 is 5.88 Å². The molecule has 1 aliphatic rings. The molecule has 0 bridgehead atoms. The van der Waals surface area contributed by atoms with Crippen LogP contribution in [0, 0.1) is 15.9 Å². The molecule has 1 aliphatic heterocycles. The highest BCUT2D eigenvalue weighted by atomic mass is 32.2. The fourth-order valence-corrected chi connectivity index (χ4v) is 6.58. The Morgan fingerprint density at radius 1 is 1.10 bits per heavy atom. The number of halogens is 1. The third-order valence-corrected chi connectivity index (χ3v) is 9.02. The van der Waals surface area contributed by atoms with Crippen molar-refractivity contribution in [2.45, 2.75) is 30.6 Å². The number of nitrogens with zero attached hydrogens (tertiary/aromatic N) is 5. The number of carbonyl (C=O) groups excluding carboxylic acids is 1. The number of thiazole rings is 1. The van der Waals surface area contributed by atoms with Crippen molar-refractivity contribution in [1.29, 1.82) is 0 Å². The van der Waals surface area contributed by atoms with Gasteiger partial charge in [-0.05, 0) is 61.4 Å². The van der Waals surface area contributed by atoms with E-state index in [0.717, 1.165) is 54.3 Å². The molecule has 2 aromatic heterocycles. The minimum absolute atomic E-state index is 0.0190. The largest absolute Gasteiger partial charge is 0.433 e. The molecule has 0 aliphatic carbocycles. The summed E-state index contributed by atoms with van der Waals surface area (Å²) in [4.78, 5) is 28.2. The van der Waals surface area contributed by atoms with E-state index < -0.39 is 32.6 Å². The summed E-state index contributed by atoms with van der Waals surface area (Å²) in [6.45, 7) is 0.906. The highest BCUT2D eigenvalue weighted by Crippen LogP contribution is 2.31. The first-order valence-corrected chi connectivity index (χ1v) is 14.3. The summed E-state index contributed by atoms with van der Waals surface area (Å²) in [5.41, 5.74) is 0.565. The number of carbonyl (C=O) groups is 1. The van der Waals surface area contributed by atoms with Crippen molar-refractivity contribution in [3.8, 4) is 0 Å². The van der Waals surface area contributed by atoms with E-state index in [1.54, 1.807) is 0 Å². The number of benzene rings is 2. The van der Waals surface area contributed by atoms with Crippen LogP contribution in [-0.4, -0.2) is 47.8 Å². The quantitative estimate of drug-likeness (QED) is 0.169. The number of fused-ring (bicyclic) bond motifs is 1. The van der Waals surface area contributed by atoms with Gasteiger partial charge < -0.3 is 4.42 Å². The molecule has 0 saturated carbocycles. The second kappa shape index (κ2) is 11.0. The summed E-state index contributed by atoms with van der Waals surface area (Å²) in [6.07, 6.45) is 4.69. The Bertz CT molecular complexity index is 1660. The molecule has 202 valence electrons. The lowest BCUT2D eigenvalue weighted by Gasteiger charge is -2.20. The summed E-state index contributed by atoms with van der Waals surface area (Å²) in [7, 11) is -3.71. The van der Waals surface area contributed by atoms with Gasteiger partial charge in [-0.1, -0.05) is 24.2 Å². The number of amides is 1. The maximum absolute atomic E-state index is 13.7. The zero-order valence-corrected chi connectivity index (χ0v) is 22.0. The Balaban J connectivity index is 1.46. The van der Waals surface area contributed by atoms with Crippen LogP contribution in [0.5, 0.6) is 0 Å². The Labute approximate surface area is 226 Å². The Kier molecular flexibility index (Phi) is 7.50. The van der Waals surface area contributed by atoms with Crippen LogP contribution in [0.2, 0.25) is 0 Å². The zero-order valence-electron chi connectivity index (χ0n) is 20.4. The van der Waals surface area contributed by atoms with Crippen LogP contribution in [0.3, 0.4) is 0 Å². The molecular formula is C25H22FN5O6S2. The lowest BCUT2D eigenvalue weighted by atomic mass is 10.2. The lowest BCUT2D eigenvalue weighted by Crippen LogP contribution is -2.32.